The first kappa shape index (κ1) is 22.4. The second kappa shape index (κ2) is 9.07. The fourth-order valence-corrected chi connectivity index (χ4v) is 3.56. The minimum Gasteiger partial charge on any atom is -0.451 e. The first-order valence-corrected chi connectivity index (χ1v) is 9.84. The van der Waals surface area contributed by atoms with E-state index in [1.165, 1.54) is 6.92 Å². The first-order valence-electron chi connectivity index (χ1n) is 9.84. The van der Waals surface area contributed by atoms with E-state index < -0.39 is 18.5 Å². The summed E-state index contributed by atoms with van der Waals surface area (Å²) in [4.78, 5) is 39.5. The molecule has 6 heteroatoms. The van der Waals surface area contributed by atoms with Crippen LogP contribution in [0.5, 0.6) is 0 Å². The number of carbonyl (C=O) groups excluding carboxylic acids is 3. The first-order chi connectivity index (χ1) is 13.5. The van der Waals surface area contributed by atoms with Crippen molar-refractivity contribution in [1.82, 2.24) is 4.98 Å². The summed E-state index contributed by atoms with van der Waals surface area (Å²) < 4.78 is 5.20. The van der Waals surface area contributed by atoms with Gasteiger partial charge in [0.1, 0.15) is 5.69 Å². The van der Waals surface area contributed by atoms with Gasteiger partial charge >= 0.3 is 5.97 Å². The van der Waals surface area contributed by atoms with Crippen molar-refractivity contribution in [2.75, 3.05) is 11.9 Å². The third kappa shape index (κ3) is 4.94. The third-order valence-electron chi connectivity index (χ3n) is 4.97. The van der Waals surface area contributed by atoms with Crippen LogP contribution in [0.25, 0.3) is 0 Å². The number of H-pyrrole nitrogens is 1. The van der Waals surface area contributed by atoms with Gasteiger partial charge < -0.3 is 15.0 Å². The van der Waals surface area contributed by atoms with Gasteiger partial charge in [0.2, 0.25) is 0 Å². The van der Waals surface area contributed by atoms with Crippen LogP contribution in [-0.4, -0.2) is 29.3 Å². The zero-order valence-electron chi connectivity index (χ0n) is 18.2. The van der Waals surface area contributed by atoms with Crippen LogP contribution in [0.15, 0.2) is 18.2 Å². The number of rotatable bonds is 7. The average molecular weight is 399 g/mol. The van der Waals surface area contributed by atoms with Crippen LogP contribution >= 0.6 is 0 Å². The quantitative estimate of drug-likeness (QED) is 0.514. The molecule has 0 atom stereocenters. The maximum absolute atomic E-state index is 12.5. The smallest absolute Gasteiger partial charge is 0.355 e. The van der Waals surface area contributed by atoms with E-state index in [1.54, 1.807) is 13.8 Å². The molecule has 1 amide bonds. The zero-order chi connectivity index (χ0) is 21.9. The van der Waals surface area contributed by atoms with Crippen LogP contribution in [0.1, 0.15) is 89.7 Å². The van der Waals surface area contributed by atoms with Gasteiger partial charge in [-0.2, -0.15) is 0 Å². The molecule has 0 fully saturated rings. The lowest BCUT2D eigenvalue weighted by atomic mass is 9.92. The molecule has 6 nitrogen and oxygen atoms in total. The second-order valence-corrected chi connectivity index (χ2v) is 7.93. The molecule has 2 N–H and O–H groups in total. The van der Waals surface area contributed by atoms with Gasteiger partial charge in [0, 0.05) is 16.9 Å². The number of benzene rings is 1. The van der Waals surface area contributed by atoms with Crippen LogP contribution in [-0.2, 0) is 9.53 Å². The number of amides is 1. The van der Waals surface area contributed by atoms with Crippen molar-refractivity contribution in [2.24, 2.45) is 0 Å². The molecule has 2 aromatic rings. The average Bonchev–Trinajstić information content (AvgIpc) is 2.93. The molecule has 0 unspecified atom stereocenters. The van der Waals surface area contributed by atoms with Crippen molar-refractivity contribution < 1.29 is 19.1 Å². The number of carbonyl (C=O) groups is 3. The van der Waals surface area contributed by atoms with E-state index in [-0.39, 0.29) is 23.3 Å². The molecule has 29 heavy (non-hydrogen) atoms. The Hall–Kier alpha value is -2.89. The minimum absolute atomic E-state index is 0.125. The fourth-order valence-electron chi connectivity index (χ4n) is 3.56. The third-order valence-corrected chi connectivity index (χ3v) is 4.97. The zero-order valence-corrected chi connectivity index (χ0v) is 18.2. The highest BCUT2D eigenvalue weighted by Crippen LogP contribution is 2.32. The minimum atomic E-state index is -0.658. The maximum Gasteiger partial charge on any atom is 0.355 e. The van der Waals surface area contributed by atoms with Crippen molar-refractivity contribution in [2.45, 2.75) is 60.3 Å². The Morgan fingerprint density at radius 1 is 1.03 bits per heavy atom. The Bertz CT molecular complexity index is 912. The summed E-state index contributed by atoms with van der Waals surface area (Å²) in [6.45, 7) is 12.7. The molecule has 2 rings (SSSR count). The number of aromatic nitrogens is 1. The Morgan fingerprint density at radius 3 is 2.03 bits per heavy atom. The molecule has 0 aliphatic carbocycles. The Kier molecular flexibility index (Phi) is 7.01. The molecule has 1 aromatic heterocycles. The summed E-state index contributed by atoms with van der Waals surface area (Å²) in [6.07, 6.45) is 0. The Labute approximate surface area is 172 Å². The highest BCUT2D eigenvalue weighted by molar-refractivity contribution is 6.02. The van der Waals surface area contributed by atoms with Gasteiger partial charge in [-0.3, -0.25) is 9.59 Å². The molecule has 0 radical (unpaired) electrons. The number of para-hydroxylation sites is 1. The highest BCUT2D eigenvalue weighted by Gasteiger charge is 2.22. The van der Waals surface area contributed by atoms with Crippen molar-refractivity contribution >= 4 is 23.3 Å². The van der Waals surface area contributed by atoms with Crippen molar-refractivity contribution in [3.05, 3.63) is 51.8 Å². The van der Waals surface area contributed by atoms with E-state index in [1.807, 2.05) is 18.2 Å². The van der Waals surface area contributed by atoms with Crippen molar-refractivity contribution in [3.8, 4) is 0 Å². The number of ketones is 1. The number of nitrogens with one attached hydrogen (secondary N) is 2. The van der Waals surface area contributed by atoms with Gasteiger partial charge in [-0.15, -0.1) is 0 Å². The molecule has 0 bridgehead atoms. The van der Waals surface area contributed by atoms with Gasteiger partial charge in [0.15, 0.2) is 12.4 Å². The lowest BCUT2D eigenvalue weighted by Crippen LogP contribution is -2.23. The van der Waals surface area contributed by atoms with Crippen molar-refractivity contribution in [3.63, 3.8) is 0 Å². The fraction of sp³-hybridized carbons (Fsp3) is 0.435. The number of Topliss-reactive ketones (excluding diaryl/α,β-unsaturated/α-hetero) is 1. The molecule has 1 heterocycles. The Morgan fingerprint density at radius 2 is 1.59 bits per heavy atom. The maximum atomic E-state index is 12.5. The van der Waals surface area contributed by atoms with Gasteiger partial charge in [0.05, 0.1) is 0 Å². The van der Waals surface area contributed by atoms with E-state index >= 15 is 0 Å². The van der Waals surface area contributed by atoms with Gasteiger partial charge in [-0.05, 0) is 49.3 Å². The number of anilines is 1. The summed E-state index contributed by atoms with van der Waals surface area (Å²) >= 11 is 0. The molecule has 0 saturated heterocycles. The van der Waals surface area contributed by atoms with E-state index in [2.05, 4.69) is 38.0 Å². The van der Waals surface area contributed by atoms with Gasteiger partial charge in [-0.1, -0.05) is 45.9 Å². The molecule has 0 spiro atoms. The SMILES string of the molecule is CC(=O)c1c(C)[nH]c(C(=O)OCC(=O)Nc2c(C(C)C)cccc2C(C)C)c1C. The van der Waals surface area contributed by atoms with Crippen LogP contribution in [0.2, 0.25) is 0 Å². The molecule has 1 aromatic carbocycles. The number of aromatic amines is 1. The van der Waals surface area contributed by atoms with Crippen LogP contribution in [0.4, 0.5) is 5.69 Å². The lowest BCUT2D eigenvalue weighted by molar-refractivity contribution is -0.119. The topological polar surface area (TPSA) is 88.3 Å². The predicted octanol–water partition coefficient (Wildman–Crippen LogP) is 4.88. The van der Waals surface area contributed by atoms with Gasteiger partial charge in [0.25, 0.3) is 5.91 Å². The van der Waals surface area contributed by atoms with E-state index in [9.17, 15) is 14.4 Å². The summed E-state index contributed by atoms with van der Waals surface area (Å²) in [5.41, 5.74) is 4.69. The molecule has 0 aliphatic rings. The molecule has 156 valence electrons. The summed E-state index contributed by atoms with van der Waals surface area (Å²) in [5, 5.41) is 2.92. The van der Waals surface area contributed by atoms with Crippen LogP contribution < -0.4 is 5.32 Å². The second-order valence-electron chi connectivity index (χ2n) is 7.93. The standard InChI is InChI=1S/C23H30N2O4/c1-12(2)17-9-8-10-18(13(3)4)22(17)25-19(27)11-29-23(28)21-14(5)20(16(7)26)15(6)24-21/h8-10,12-13,24H,11H2,1-7H3,(H,25,27). The molecular weight excluding hydrogens is 368 g/mol. The highest BCUT2D eigenvalue weighted by atomic mass is 16.5. The lowest BCUT2D eigenvalue weighted by Gasteiger charge is -2.20. The number of esters is 1. The molecule has 0 saturated carbocycles. The normalized spacial score (nSPS) is 11.1. The van der Waals surface area contributed by atoms with E-state index in [4.69, 9.17) is 4.74 Å². The summed E-state index contributed by atoms with van der Waals surface area (Å²) in [6, 6.07) is 5.97. The monoisotopic (exact) mass is 398 g/mol. The summed E-state index contributed by atoms with van der Waals surface area (Å²) in [7, 11) is 0. The van der Waals surface area contributed by atoms with Crippen LogP contribution in [0.3, 0.4) is 0 Å². The summed E-state index contributed by atoms with van der Waals surface area (Å²) in [5.74, 6) is -0.711. The predicted molar refractivity (Wildman–Crippen MR) is 114 cm³/mol. The number of hydrogen-bond acceptors (Lipinski definition) is 4. The van der Waals surface area contributed by atoms with Crippen LogP contribution in [0, 0.1) is 13.8 Å². The molecular formula is C23H30N2O4. The largest absolute Gasteiger partial charge is 0.451 e. The number of aryl methyl sites for hydroxylation is 1. The number of ether oxygens (including phenoxy) is 1. The molecule has 0 aliphatic heterocycles. The van der Waals surface area contributed by atoms with E-state index in [0.29, 0.717) is 16.8 Å². The number of hydrogen-bond donors (Lipinski definition) is 2. The van der Waals surface area contributed by atoms with Gasteiger partial charge in [-0.25, -0.2) is 4.79 Å². The van der Waals surface area contributed by atoms with E-state index in [0.717, 1.165) is 16.8 Å². The Balaban J connectivity index is 2.15. The van der Waals surface area contributed by atoms with Crippen molar-refractivity contribution in [1.29, 1.82) is 0 Å².